The minimum Gasteiger partial charge on any atom is -0.508 e. The Hall–Kier alpha value is -1.55. The van der Waals surface area contributed by atoms with Crippen LogP contribution < -0.4 is 5.32 Å². The second-order valence-electron chi connectivity index (χ2n) is 5.20. The first-order chi connectivity index (χ1) is 8.66. The SMILES string of the molecule is CN1CCC(NC2CCc3c(O)cccc32)C1=O. The maximum absolute atomic E-state index is 11.9. The minimum atomic E-state index is -0.0618. The number of carbonyl (C=O) groups is 1. The van der Waals surface area contributed by atoms with Crippen LogP contribution >= 0.6 is 0 Å². The van der Waals surface area contributed by atoms with Crippen molar-refractivity contribution in [3.63, 3.8) is 0 Å². The Morgan fingerprint density at radius 1 is 1.33 bits per heavy atom. The monoisotopic (exact) mass is 246 g/mol. The van der Waals surface area contributed by atoms with Gasteiger partial charge >= 0.3 is 0 Å². The molecule has 0 bridgehead atoms. The maximum atomic E-state index is 11.9. The molecule has 1 fully saturated rings. The predicted octanol–water partition coefficient (Wildman–Crippen LogP) is 1.20. The summed E-state index contributed by atoms with van der Waals surface area (Å²) in [4.78, 5) is 13.7. The molecule has 1 aromatic rings. The van der Waals surface area contributed by atoms with Crippen molar-refractivity contribution in [3.05, 3.63) is 29.3 Å². The van der Waals surface area contributed by atoms with Gasteiger partial charge in [0.2, 0.25) is 5.91 Å². The number of rotatable bonds is 2. The van der Waals surface area contributed by atoms with E-state index in [4.69, 9.17) is 0 Å². The fourth-order valence-electron chi connectivity index (χ4n) is 3.03. The third kappa shape index (κ3) is 1.77. The third-order valence-corrected chi connectivity index (χ3v) is 4.08. The van der Waals surface area contributed by atoms with Crippen molar-refractivity contribution in [2.75, 3.05) is 13.6 Å². The lowest BCUT2D eigenvalue weighted by molar-refractivity contribution is -0.128. The summed E-state index contributed by atoms with van der Waals surface area (Å²) in [5, 5.41) is 13.2. The van der Waals surface area contributed by atoms with Crippen LogP contribution in [0.3, 0.4) is 0 Å². The van der Waals surface area contributed by atoms with Crippen LogP contribution in [-0.2, 0) is 11.2 Å². The highest BCUT2D eigenvalue weighted by molar-refractivity contribution is 5.83. The van der Waals surface area contributed by atoms with Gasteiger partial charge in [-0.05, 0) is 36.5 Å². The normalized spacial score (nSPS) is 26.7. The van der Waals surface area contributed by atoms with E-state index in [0.29, 0.717) is 5.75 Å². The van der Waals surface area contributed by atoms with E-state index >= 15 is 0 Å². The molecular weight excluding hydrogens is 228 g/mol. The van der Waals surface area contributed by atoms with E-state index in [0.717, 1.165) is 36.9 Å². The summed E-state index contributed by atoms with van der Waals surface area (Å²) in [5.74, 6) is 0.565. The number of carbonyl (C=O) groups excluding carboxylic acids is 1. The standard InChI is InChI=1S/C14H18N2O2/c1-16-8-7-12(14(16)18)15-11-6-5-10-9(11)3-2-4-13(10)17/h2-4,11-12,15,17H,5-8H2,1H3. The molecule has 18 heavy (non-hydrogen) atoms. The molecule has 2 N–H and O–H groups in total. The lowest BCUT2D eigenvalue weighted by atomic mass is 10.1. The first-order valence-electron chi connectivity index (χ1n) is 6.48. The zero-order valence-corrected chi connectivity index (χ0v) is 10.5. The van der Waals surface area contributed by atoms with Crippen molar-refractivity contribution >= 4 is 5.91 Å². The van der Waals surface area contributed by atoms with Gasteiger partial charge in [-0.2, -0.15) is 0 Å². The average molecular weight is 246 g/mol. The number of aromatic hydroxyl groups is 1. The van der Waals surface area contributed by atoms with Crippen LogP contribution in [0, 0.1) is 0 Å². The Morgan fingerprint density at radius 3 is 2.89 bits per heavy atom. The number of nitrogens with one attached hydrogen (secondary N) is 1. The van der Waals surface area contributed by atoms with E-state index in [1.165, 1.54) is 0 Å². The largest absolute Gasteiger partial charge is 0.508 e. The maximum Gasteiger partial charge on any atom is 0.239 e. The van der Waals surface area contributed by atoms with E-state index < -0.39 is 0 Å². The van der Waals surface area contributed by atoms with Crippen LogP contribution in [0.2, 0.25) is 0 Å². The predicted molar refractivity (Wildman–Crippen MR) is 68.3 cm³/mol. The molecule has 1 heterocycles. The van der Waals surface area contributed by atoms with Crippen LogP contribution in [0.4, 0.5) is 0 Å². The average Bonchev–Trinajstić information content (AvgIpc) is 2.90. The van der Waals surface area contributed by atoms with E-state index in [2.05, 4.69) is 5.32 Å². The molecule has 3 rings (SSSR count). The van der Waals surface area contributed by atoms with Crippen molar-refractivity contribution in [1.29, 1.82) is 0 Å². The lowest BCUT2D eigenvalue weighted by Gasteiger charge is -2.19. The second kappa shape index (κ2) is 4.28. The van der Waals surface area contributed by atoms with Crippen LogP contribution in [0.1, 0.15) is 30.0 Å². The van der Waals surface area contributed by atoms with E-state index in [-0.39, 0.29) is 18.0 Å². The van der Waals surface area contributed by atoms with E-state index in [1.54, 1.807) is 11.0 Å². The molecule has 0 saturated carbocycles. The molecule has 1 aliphatic carbocycles. The summed E-state index contributed by atoms with van der Waals surface area (Å²) in [5.41, 5.74) is 2.19. The molecule has 1 aromatic carbocycles. The number of likely N-dealkylation sites (N-methyl/N-ethyl adjacent to an activating group) is 1. The van der Waals surface area contributed by atoms with Gasteiger partial charge in [0, 0.05) is 19.6 Å². The molecule has 2 unspecified atom stereocenters. The first-order valence-corrected chi connectivity index (χ1v) is 6.48. The molecule has 0 spiro atoms. The fraction of sp³-hybridized carbons (Fsp3) is 0.500. The van der Waals surface area contributed by atoms with Crippen molar-refractivity contribution in [1.82, 2.24) is 10.2 Å². The van der Waals surface area contributed by atoms with Crippen LogP contribution in [-0.4, -0.2) is 35.5 Å². The van der Waals surface area contributed by atoms with Crippen LogP contribution in [0.15, 0.2) is 18.2 Å². The Bertz CT molecular complexity index is 487. The number of benzene rings is 1. The number of amides is 1. The highest BCUT2D eigenvalue weighted by Crippen LogP contribution is 2.36. The molecular formula is C14H18N2O2. The second-order valence-corrected chi connectivity index (χ2v) is 5.20. The zero-order chi connectivity index (χ0) is 12.7. The number of phenols is 1. The molecule has 0 aromatic heterocycles. The third-order valence-electron chi connectivity index (χ3n) is 4.08. The number of nitrogens with zero attached hydrogens (tertiary/aromatic N) is 1. The van der Waals surface area contributed by atoms with E-state index in [1.807, 2.05) is 19.2 Å². The summed E-state index contributed by atoms with van der Waals surface area (Å²) >= 11 is 0. The van der Waals surface area contributed by atoms with Gasteiger partial charge in [0.15, 0.2) is 0 Å². The molecule has 2 atom stereocenters. The number of phenolic OH excluding ortho intramolecular Hbond substituents is 1. The smallest absolute Gasteiger partial charge is 0.239 e. The van der Waals surface area contributed by atoms with Gasteiger partial charge in [0.1, 0.15) is 5.75 Å². The summed E-state index contributed by atoms with van der Waals surface area (Å²) in [6.45, 7) is 0.829. The van der Waals surface area contributed by atoms with Crippen molar-refractivity contribution in [3.8, 4) is 5.75 Å². The molecule has 2 aliphatic rings. The number of hydrogen-bond acceptors (Lipinski definition) is 3. The summed E-state index contributed by atoms with van der Waals surface area (Å²) in [6, 6.07) is 5.79. The van der Waals surface area contributed by atoms with Crippen LogP contribution in [0.25, 0.3) is 0 Å². The summed E-state index contributed by atoms with van der Waals surface area (Å²) < 4.78 is 0. The molecule has 4 heteroatoms. The van der Waals surface area contributed by atoms with Gasteiger partial charge in [0.05, 0.1) is 6.04 Å². The van der Waals surface area contributed by atoms with Gasteiger partial charge in [-0.1, -0.05) is 12.1 Å². The number of hydrogen-bond donors (Lipinski definition) is 2. The molecule has 96 valence electrons. The van der Waals surface area contributed by atoms with Crippen molar-refractivity contribution in [2.45, 2.75) is 31.3 Å². The Morgan fingerprint density at radius 2 is 2.17 bits per heavy atom. The minimum absolute atomic E-state index is 0.0618. The fourth-order valence-corrected chi connectivity index (χ4v) is 3.03. The Labute approximate surface area is 107 Å². The van der Waals surface area contributed by atoms with Crippen molar-refractivity contribution in [2.24, 2.45) is 0 Å². The molecule has 4 nitrogen and oxygen atoms in total. The zero-order valence-electron chi connectivity index (χ0n) is 10.5. The lowest BCUT2D eigenvalue weighted by Crippen LogP contribution is -2.38. The summed E-state index contributed by atoms with van der Waals surface area (Å²) in [6.07, 6.45) is 2.72. The number of likely N-dealkylation sites (tertiary alicyclic amines) is 1. The van der Waals surface area contributed by atoms with Gasteiger partial charge in [-0.3, -0.25) is 10.1 Å². The van der Waals surface area contributed by atoms with Gasteiger partial charge in [-0.25, -0.2) is 0 Å². The van der Waals surface area contributed by atoms with Crippen molar-refractivity contribution < 1.29 is 9.90 Å². The highest BCUT2D eigenvalue weighted by Gasteiger charge is 2.33. The molecule has 1 aliphatic heterocycles. The van der Waals surface area contributed by atoms with Gasteiger partial charge in [-0.15, -0.1) is 0 Å². The molecule has 1 amide bonds. The van der Waals surface area contributed by atoms with Gasteiger partial charge < -0.3 is 10.0 Å². The van der Waals surface area contributed by atoms with Crippen LogP contribution in [0.5, 0.6) is 5.75 Å². The Balaban J connectivity index is 1.77. The Kier molecular flexibility index (Phi) is 2.74. The van der Waals surface area contributed by atoms with Gasteiger partial charge in [0.25, 0.3) is 0 Å². The topological polar surface area (TPSA) is 52.6 Å². The first kappa shape index (κ1) is 11.5. The molecule has 0 radical (unpaired) electrons. The van der Waals surface area contributed by atoms with E-state index in [9.17, 15) is 9.90 Å². The molecule has 1 saturated heterocycles. The summed E-state index contributed by atoms with van der Waals surface area (Å²) in [7, 11) is 1.85. The number of fused-ring (bicyclic) bond motifs is 1. The highest BCUT2D eigenvalue weighted by atomic mass is 16.3. The quantitative estimate of drug-likeness (QED) is 0.824.